The molecule has 3 aromatic carbocycles. The summed E-state index contributed by atoms with van der Waals surface area (Å²) in [4.78, 5) is 23.2. The van der Waals surface area contributed by atoms with Gasteiger partial charge in [-0.2, -0.15) is 0 Å². The van der Waals surface area contributed by atoms with Crippen LogP contribution in [0.3, 0.4) is 0 Å². The molecular formula is C34H37NO5. The Hall–Kier alpha value is -4.32. The molecule has 4 rings (SSSR count). The van der Waals surface area contributed by atoms with E-state index < -0.39 is 17.4 Å². The molecule has 0 bridgehead atoms. The SMILES string of the molecule is CC(C)(CCn1cc(CC(=O)O)c2c(C=Cc3ccc(OCCCCc4ccccc4)cc3)cccc21)C(=O)O. The molecule has 0 unspecified atom stereocenters. The molecule has 0 radical (unpaired) electrons. The molecule has 0 fully saturated rings. The molecular weight excluding hydrogens is 502 g/mol. The highest BCUT2D eigenvalue weighted by Gasteiger charge is 2.27. The fourth-order valence-corrected chi connectivity index (χ4v) is 4.72. The summed E-state index contributed by atoms with van der Waals surface area (Å²) in [5.41, 5.74) is 4.02. The van der Waals surface area contributed by atoms with Crippen LogP contribution in [0.25, 0.3) is 23.1 Å². The molecule has 0 amide bonds. The number of aromatic nitrogens is 1. The number of hydrogen-bond acceptors (Lipinski definition) is 3. The number of carboxylic acids is 2. The molecule has 1 aromatic heterocycles. The minimum Gasteiger partial charge on any atom is -0.494 e. The maximum Gasteiger partial charge on any atom is 0.309 e. The van der Waals surface area contributed by atoms with E-state index in [4.69, 9.17) is 4.74 Å². The highest BCUT2D eigenvalue weighted by molar-refractivity contribution is 5.96. The van der Waals surface area contributed by atoms with Crippen molar-refractivity contribution < 1.29 is 24.5 Å². The summed E-state index contributed by atoms with van der Waals surface area (Å²) in [6.45, 7) is 4.57. The van der Waals surface area contributed by atoms with Gasteiger partial charge in [0.2, 0.25) is 0 Å². The number of unbranched alkanes of at least 4 members (excludes halogenated alkanes) is 1. The molecule has 40 heavy (non-hydrogen) atoms. The third-order valence-corrected chi connectivity index (χ3v) is 7.22. The number of hydrogen-bond donors (Lipinski definition) is 2. The Morgan fingerprint density at radius 1 is 0.900 bits per heavy atom. The topological polar surface area (TPSA) is 88.8 Å². The molecule has 0 atom stereocenters. The summed E-state index contributed by atoms with van der Waals surface area (Å²) < 4.78 is 7.89. The lowest BCUT2D eigenvalue weighted by molar-refractivity contribution is -0.147. The molecule has 4 aromatic rings. The van der Waals surface area contributed by atoms with E-state index in [0.29, 0.717) is 25.1 Å². The standard InChI is InChI=1S/C34H37NO5/c1-34(2,33(38)39)20-21-35-24-28(23-31(36)37)32-27(12-8-13-30(32)35)17-14-26-15-18-29(19-16-26)40-22-7-6-11-25-9-4-3-5-10-25/h3-5,8-10,12-19,24H,6-7,11,20-23H2,1-2H3,(H,36,37)(H,38,39). The Morgan fingerprint density at radius 2 is 1.65 bits per heavy atom. The number of aliphatic carboxylic acids is 2. The average molecular weight is 540 g/mol. The van der Waals surface area contributed by atoms with E-state index in [1.807, 2.05) is 71.4 Å². The van der Waals surface area contributed by atoms with Crippen LogP contribution >= 0.6 is 0 Å². The van der Waals surface area contributed by atoms with Gasteiger partial charge in [0.15, 0.2) is 0 Å². The molecule has 0 aliphatic carbocycles. The first-order chi connectivity index (χ1) is 19.2. The zero-order valence-corrected chi connectivity index (χ0v) is 23.2. The molecule has 0 spiro atoms. The van der Waals surface area contributed by atoms with Crippen molar-refractivity contribution in [3.8, 4) is 5.75 Å². The van der Waals surface area contributed by atoms with Crippen molar-refractivity contribution in [2.45, 2.75) is 52.5 Å². The second-order valence-electron chi connectivity index (χ2n) is 10.8. The maximum absolute atomic E-state index is 11.6. The second kappa shape index (κ2) is 13.2. The molecule has 0 saturated heterocycles. The third-order valence-electron chi connectivity index (χ3n) is 7.22. The van der Waals surface area contributed by atoms with E-state index in [2.05, 4.69) is 24.3 Å². The van der Waals surface area contributed by atoms with E-state index in [0.717, 1.165) is 47.0 Å². The van der Waals surface area contributed by atoms with Gasteiger partial charge in [0.1, 0.15) is 5.75 Å². The Kier molecular flexibility index (Phi) is 9.43. The average Bonchev–Trinajstić information content (AvgIpc) is 3.29. The molecule has 0 saturated carbocycles. The summed E-state index contributed by atoms with van der Waals surface area (Å²) in [7, 11) is 0. The third kappa shape index (κ3) is 7.63. The Bertz CT molecular complexity index is 1470. The maximum atomic E-state index is 11.6. The molecule has 1 heterocycles. The van der Waals surface area contributed by atoms with Crippen LogP contribution in [0.5, 0.6) is 5.75 Å². The number of fused-ring (bicyclic) bond motifs is 1. The Morgan fingerprint density at radius 3 is 2.35 bits per heavy atom. The number of carboxylic acid groups (broad SMARTS) is 2. The summed E-state index contributed by atoms with van der Waals surface area (Å²) >= 11 is 0. The summed E-state index contributed by atoms with van der Waals surface area (Å²) in [6, 6.07) is 24.3. The van der Waals surface area contributed by atoms with Gasteiger partial charge in [-0.15, -0.1) is 0 Å². The number of benzene rings is 3. The van der Waals surface area contributed by atoms with Crippen molar-refractivity contribution in [1.29, 1.82) is 0 Å². The number of aryl methyl sites for hydroxylation is 2. The summed E-state index contributed by atoms with van der Waals surface area (Å²) in [6.07, 6.45) is 9.31. The van der Waals surface area contributed by atoms with E-state index in [-0.39, 0.29) is 6.42 Å². The number of nitrogens with zero attached hydrogens (tertiary/aromatic N) is 1. The van der Waals surface area contributed by atoms with Crippen molar-refractivity contribution in [1.82, 2.24) is 4.57 Å². The van der Waals surface area contributed by atoms with Crippen molar-refractivity contribution >= 4 is 35.0 Å². The van der Waals surface area contributed by atoms with Gasteiger partial charge >= 0.3 is 11.9 Å². The molecule has 0 aliphatic rings. The lowest BCUT2D eigenvalue weighted by atomic mass is 9.89. The van der Waals surface area contributed by atoms with Crippen LogP contribution < -0.4 is 4.74 Å². The number of carbonyl (C=O) groups is 2. The summed E-state index contributed by atoms with van der Waals surface area (Å²) in [5, 5.41) is 19.9. The molecule has 2 N–H and O–H groups in total. The predicted molar refractivity (Wildman–Crippen MR) is 160 cm³/mol. The Balaban J connectivity index is 1.43. The van der Waals surface area contributed by atoms with Gasteiger partial charge < -0.3 is 19.5 Å². The minimum atomic E-state index is -0.903. The van der Waals surface area contributed by atoms with Crippen LogP contribution in [-0.2, 0) is 29.0 Å². The van der Waals surface area contributed by atoms with Gasteiger partial charge in [0, 0.05) is 23.6 Å². The Labute approximate surface area is 235 Å². The van der Waals surface area contributed by atoms with E-state index in [1.54, 1.807) is 13.8 Å². The highest BCUT2D eigenvalue weighted by Crippen LogP contribution is 2.30. The van der Waals surface area contributed by atoms with Gasteiger partial charge in [-0.3, -0.25) is 9.59 Å². The van der Waals surface area contributed by atoms with Gasteiger partial charge in [0.25, 0.3) is 0 Å². The summed E-state index contributed by atoms with van der Waals surface area (Å²) in [5.74, 6) is -0.916. The minimum absolute atomic E-state index is 0.103. The zero-order valence-electron chi connectivity index (χ0n) is 23.2. The largest absolute Gasteiger partial charge is 0.494 e. The van der Waals surface area contributed by atoms with Gasteiger partial charge in [-0.25, -0.2) is 0 Å². The van der Waals surface area contributed by atoms with Crippen LogP contribution in [0, 0.1) is 5.41 Å². The van der Waals surface area contributed by atoms with E-state index in [9.17, 15) is 19.8 Å². The fourth-order valence-electron chi connectivity index (χ4n) is 4.72. The van der Waals surface area contributed by atoms with Crippen LogP contribution in [0.15, 0.2) is 79.0 Å². The first-order valence-electron chi connectivity index (χ1n) is 13.7. The number of rotatable bonds is 14. The van der Waals surface area contributed by atoms with Crippen molar-refractivity contribution in [2.24, 2.45) is 5.41 Å². The van der Waals surface area contributed by atoms with Gasteiger partial charge in [-0.1, -0.05) is 66.7 Å². The van der Waals surface area contributed by atoms with Crippen LogP contribution in [0.4, 0.5) is 0 Å². The van der Waals surface area contributed by atoms with E-state index >= 15 is 0 Å². The van der Waals surface area contributed by atoms with Crippen molar-refractivity contribution in [3.63, 3.8) is 0 Å². The lowest BCUT2D eigenvalue weighted by Crippen LogP contribution is -2.25. The molecule has 6 nitrogen and oxygen atoms in total. The van der Waals surface area contributed by atoms with Crippen LogP contribution in [0.1, 0.15) is 55.4 Å². The highest BCUT2D eigenvalue weighted by atomic mass is 16.5. The van der Waals surface area contributed by atoms with E-state index in [1.165, 1.54) is 5.56 Å². The van der Waals surface area contributed by atoms with Gasteiger partial charge in [-0.05, 0) is 80.0 Å². The van der Waals surface area contributed by atoms with Crippen LogP contribution in [0.2, 0.25) is 0 Å². The van der Waals surface area contributed by atoms with Crippen LogP contribution in [-0.4, -0.2) is 33.3 Å². The lowest BCUT2D eigenvalue weighted by Gasteiger charge is -2.19. The van der Waals surface area contributed by atoms with Crippen molar-refractivity contribution in [3.05, 3.63) is 101 Å². The monoisotopic (exact) mass is 539 g/mol. The fraction of sp³-hybridized carbons (Fsp3) is 0.294. The molecule has 208 valence electrons. The predicted octanol–water partition coefficient (Wildman–Crippen LogP) is 7.34. The first kappa shape index (κ1) is 28.7. The zero-order chi connectivity index (χ0) is 28.5. The molecule has 6 heteroatoms. The van der Waals surface area contributed by atoms with Gasteiger partial charge in [0.05, 0.1) is 18.4 Å². The first-order valence-corrected chi connectivity index (χ1v) is 13.7. The van der Waals surface area contributed by atoms with Crippen molar-refractivity contribution in [2.75, 3.05) is 6.61 Å². The molecule has 0 aliphatic heterocycles. The quantitative estimate of drug-likeness (QED) is 0.129. The normalized spacial score (nSPS) is 11.8. The second-order valence-corrected chi connectivity index (χ2v) is 10.8. The number of ether oxygens (including phenoxy) is 1. The smallest absolute Gasteiger partial charge is 0.309 e.